The summed E-state index contributed by atoms with van der Waals surface area (Å²) in [5.41, 5.74) is 0.211. The number of amides is 2. The van der Waals surface area contributed by atoms with Crippen LogP contribution in [0.15, 0.2) is 30.7 Å². The molecule has 1 aromatic carbocycles. The van der Waals surface area contributed by atoms with Crippen LogP contribution in [-0.4, -0.2) is 51.9 Å². The summed E-state index contributed by atoms with van der Waals surface area (Å²) in [6, 6.07) is 2.20. The molecular formula is C22H29F2N5O2. The Kier molecular flexibility index (Phi) is 8.11. The number of aromatic nitrogens is 2. The third-order valence-electron chi connectivity index (χ3n) is 5.27. The van der Waals surface area contributed by atoms with E-state index in [4.69, 9.17) is 0 Å². The summed E-state index contributed by atoms with van der Waals surface area (Å²) in [4.78, 5) is 31.6. The molecule has 1 aliphatic rings. The van der Waals surface area contributed by atoms with Gasteiger partial charge in [0.05, 0.1) is 12.7 Å². The molecule has 1 aliphatic heterocycles. The highest BCUT2D eigenvalue weighted by Gasteiger charge is 2.21. The van der Waals surface area contributed by atoms with Crippen LogP contribution in [0.4, 0.5) is 14.6 Å². The van der Waals surface area contributed by atoms with Crippen LogP contribution in [-0.2, 0) is 22.6 Å². The Morgan fingerprint density at radius 2 is 1.84 bits per heavy atom. The second-order valence-corrected chi connectivity index (χ2v) is 7.90. The van der Waals surface area contributed by atoms with E-state index in [1.54, 1.807) is 12.5 Å². The number of imidazole rings is 1. The molecule has 0 saturated carbocycles. The van der Waals surface area contributed by atoms with Gasteiger partial charge < -0.3 is 20.1 Å². The third kappa shape index (κ3) is 7.13. The maximum absolute atomic E-state index is 13.3. The van der Waals surface area contributed by atoms with Crippen LogP contribution in [0.2, 0.25) is 0 Å². The second-order valence-electron chi connectivity index (χ2n) is 7.90. The number of hydrogen-bond donors (Lipinski definition) is 2. The van der Waals surface area contributed by atoms with E-state index in [0.717, 1.165) is 44.4 Å². The lowest BCUT2D eigenvalue weighted by molar-refractivity contribution is -0.126. The maximum atomic E-state index is 13.3. The molecule has 0 aliphatic carbocycles. The number of carbonyl (C=O) groups excluding carboxylic acids is 2. The average molecular weight is 434 g/mol. The normalized spacial score (nSPS) is 15.1. The molecule has 0 spiro atoms. The first-order valence-electron chi connectivity index (χ1n) is 10.7. The summed E-state index contributed by atoms with van der Waals surface area (Å²) in [5, 5.41) is 5.40. The quantitative estimate of drug-likeness (QED) is 0.604. The molecule has 0 radical (unpaired) electrons. The molecule has 1 fully saturated rings. The van der Waals surface area contributed by atoms with Crippen molar-refractivity contribution in [1.29, 1.82) is 0 Å². The number of halogens is 2. The Balaban J connectivity index is 1.52. The Morgan fingerprint density at radius 1 is 1.13 bits per heavy atom. The highest BCUT2D eigenvalue weighted by molar-refractivity contribution is 5.96. The number of benzene rings is 1. The summed E-state index contributed by atoms with van der Waals surface area (Å²) in [7, 11) is 0. The Morgan fingerprint density at radius 3 is 2.52 bits per heavy atom. The molecule has 0 unspecified atom stereocenters. The maximum Gasteiger partial charge on any atom is 0.248 e. The van der Waals surface area contributed by atoms with Crippen LogP contribution in [0, 0.1) is 11.6 Å². The van der Waals surface area contributed by atoms with Gasteiger partial charge in [-0.15, -0.1) is 0 Å². The van der Waals surface area contributed by atoms with Gasteiger partial charge in [0.25, 0.3) is 0 Å². The van der Waals surface area contributed by atoms with Crippen molar-refractivity contribution in [1.82, 2.24) is 19.8 Å². The third-order valence-corrected chi connectivity index (χ3v) is 5.27. The van der Waals surface area contributed by atoms with E-state index in [2.05, 4.69) is 20.5 Å². The molecule has 168 valence electrons. The van der Waals surface area contributed by atoms with Crippen LogP contribution >= 0.6 is 0 Å². The predicted molar refractivity (Wildman–Crippen MR) is 113 cm³/mol. The molecular weight excluding hydrogens is 404 g/mol. The van der Waals surface area contributed by atoms with E-state index in [1.165, 1.54) is 12.8 Å². The van der Waals surface area contributed by atoms with Gasteiger partial charge >= 0.3 is 0 Å². The van der Waals surface area contributed by atoms with Crippen LogP contribution in [0.1, 0.15) is 38.2 Å². The molecule has 1 aromatic heterocycles. The van der Waals surface area contributed by atoms with Gasteiger partial charge in [-0.3, -0.25) is 9.59 Å². The van der Waals surface area contributed by atoms with Gasteiger partial charge in [0.15, 0.2) is 5.82 Å². The van der Waals surface area contributed by atoms with Gasteiger partial charge in [-0.2, -0.15) is 0 Å². The smallest absolute Gasteiger partial charge is 0.248 e. The molecule has 1 saturated heterocycles. The summed E-state index contributed by atoms with van der Waals surface area (Å²) in [6.07, 6.45) is 6.83. The van der Waals surface area contributed by atoms with Crippen LogP contribution in [0.3, 0.4) is 0 Å². The van der Waals surface area contributed by atoms with E-state index in [-0.39, 0.29) is 17.9 Å². The standard InChI is InChI=1S/C22H29F2N5O2/c1-2-5-19(26-21(30)12-16-10-17(23)13-18(24)11-16)22(31)27-20-14-29(15-25-20)9-8-28-6-3-4-7-28/h10-11,13-15,19H,2-9,12H2,1H3,(H,26,30)(H,27,31)/t19-/m0/s1. The van der Waals surface area contributed by atoms with Crippen molar-refractivity contribution in [2.75, 3.05) is 25.0 Å². The Labute approximate surface area is 180 Å². The first kappa shape index (κ1) is 22.9. The molecule has 31 heavy (non-hydrogen) atoms. The van der Waals surface area contributed by atoms with Crippen molar-refractivity contribution in [2.45, 2.75) is 51.6 Å². The van der Waals surface area contributed by atoms with Crippen molar-refractivity contribution in [2.24, 2.45) is 0 Å². The zero-order valence-corrected chi connectivity index (χ0v) is 17.7. The van der Waals surface area contributed by atoms with Crippen LogP contribution < -0.4 is 10.6 Å². The SMILES string of the molecule is CCC[C@H](NC(=O)Cc1cc(F)cc(F)c1)C(=O)Nc1cn(CCN2CCCC2)cn1. The second kappa shape index (κ2) is 11.0. The van der Waals surface area contributed by atoms with Gasteiger partial charge in [-0.05, 0) is 50.0 Å². The fourth-order valence-electron chi connectivity index (χ4n) is 3.72. The molecule has 0 bridgehead atoms. The summed E-state index contributed by atoms with van der Waals surface area (Å²) < 4.78 is 28.6. The zero-order chi connectivity index (χ0) is 22.2. The fourth-order valence-corrected chi connectivity index (χ4v) is 3.72. The highest BCUT2D eigenvalue weighted by atomic mass is 19.1. The Bertz CT molecular complexity index is 876. The fraction of sp³-hybridized carbons (Fsp3) is 0.500. The number of carbonyl (C=O) groups is 2. The van der Waals surface area contributed by atoms with Gasteiger partial charge in [0, 0.05) is 25.4 Å². The van der Waals surface area contributed by atoms with Crippen molar-refractivity contribution in [3.63, 3.8) is 0 Å². The summed E-state index contributed by atoms with van der Waals surface area (Å²) in [6.45, 7) is 5.89. The molecule has 9 heteroatoms. The average Bonchev–Trinajstić information content (AvgIpc) is 3.37. The van der Waals surface area contributed by atoms with Crippen molar-refractivity contribution in [3.8, 4) is 0 Å². The van der Waals surface area contributed by atoms with Gasteiger partial charge in [0.1, 0.15) is 17.7 Å². The number of rotatable bonds is 10. The van der Waals surface area contributed by atoms with Gasteiger partial charge in [0.2, 0.25) is 11.8 Å². The minimum Gasteiger partial charge on any atom is -0.344 e. The monoisotopic (exact) mass is 433 g/mol. The summed E-state index contributed by atoms with van der Waals surface area (Å²) in [5.74, 6) is -1.91. The predicted octanol–water partition coefficient (Wildman–Crippen LogP) is 2.72. The number of nitrogens with zero attached hydrogens (tertiary/aromatic N) is 3. The minimum absolute atomic E-state index is 0.211. The van der Waals surface area contributed by atoms with E-state index < -0.39 is 23.6 Å². The summed E-state index contributed by atoms with van der Waals surface area (Å²) >= 11 is 0. The number of anilines is 1. The lowest BCUT2D eigenvalue weighted by atomic mass is 10.1. The molecule has 3 rings (SSSR count). The molecule has 2 amide bonds. The first-order chi connectivity index (χ1) is 14.9. The highest BCUT2D eigenvalue weighted by Crippen LogP contribution is 2.11. The molecule has 2 N–H and O–H groups in total. The zero-order valence-electron chi connectivity index (χ0n) is 17.7. The number of hydrogen-bond acceptors (Lipinski definition) is 4. The topological polar surface area (TPSA) is 79.3 Å². The van der Waals surface area contributed by atoms with Gasteiger partial charge in [-0.1, -0.05) is 13.3 Å². The van der Waals surface area contributed by atoms with Crippen LogP contribution in [0.25, 0.3) is 0 Å². The first-order valence-corrected chi connectivity index (χ1v) is 10.7. The largest absolute Gasteiger partial charge is 0.344 e. The van der Waals surface area contributed by atoms with Crippen molar-refractivity contribution in [3.05, 3.63) is 47.9 Å². The Hall–Kier alpha value is -2.81. The van der Waals surface area contributed by atoms with Crippen LogP contribution in [0.5, 0.6) is 0 Å². The van der Waals surface area contributed by atoms with E-state index in [1.807, 2.05) is 11.5 Å². The van der Waals surface area contributed by atoms with E-state index in [9.17, 15) is 18.4 Å². The number of nitrogens with one attached hydrogen (secondary N) is 2. The van der Waals surface area contributed by atoms with Crippen molar-refractivity contribution >= 4 is 17.6 Å². The molecule has 7 nitrogen and oxygen atoms in total. The van der Waals surface area contributed by atoms with Gasteiger partial charge in [-0.25, -0.2) is 13.8 Å². The van der Waals surface area contributed by atoms with E-state index >= 15 is 0 Å². The van der Waals surface area contributed by atoms with E-state index in [0.29, 0.717) is 18.7 Å². The molecule has 1 atom stereocenters. The molecule has 2 aromatic rings. The lowest BCUT2D eigenvalue weighted by Gasteiger charge is -2.17. The number of likely N-dealkylation sites (tertiary alicyclic amines) is 1. The minimum atomic E-state index is -0.759. The van der Waals surface area contributed by atoms with Crippen molar-refractivity contribution < 1.29 is 18.4 Å². The lowest BCUT2D eigenvalue weighted by Crippen LogP contribution is -2.44. The molecule has 2 heterocycles.